The molecule has 1 amide bonds. The highest BCUT2D eigenvalue weighted by Crippen LogP contribution is 2.55. The number of benzene rings is 2. The lowest BCUT2D eigenvalue weighted by Gasteiger charge is -2.53. The van der Waals surface area contributed by atoms with Crippen molar-refractivity contribution in [1.82, 2.24) is 15.0 Å². The minimum absolute atomic E-state index is 0.111. The Morgan fingerprint density at radius 3 is 2.40 bits per heavy atom. The van der Waals surface area contributed by atoms with Crippen LogP contribution in [0.15, 0.2) is 53.1 Å². The van der Waals surface area contributed by atoms with Gasteiger partial charge in [0.2, 0.25) is 0 Å². The normalized spacial score (nSPS) is 21.4. The summed E-state index contributed by atoms with van der Waals surface area (Å²) in [6.45, 7) is 2.89. The van der Waals surface area contributed by atoms with E-state index < -0.39 is 11.7 Å². The third-order valence-corrected chi connectivity index (χ3v) is 12.5. The number of likely N-dealkylation sites (tertiary alicyclic amines) is 1. The number of nitrogens with zero attached hydrogens (tertiary/aromatic N) is 4. The molecule has 2 aromatic carbocycles. The molecule has 2 aromatic heterocycles. The van der Waals surface area contributed by atoms with Crippen LogP contribution in [0.1, 0.15) is 104 Å². The van der Waals surface area contributed by atoms with Crippen molar-refractivity contribution in [1.29, 1.82) is 0 Å². The van der Waals surface area contributed by atoms with E-state index in [-0.39, 0.29) is 35.0 Å². The summed E-state index contributed by atoms with van der Waals surface area (Å²) in [4.78, 5) is 22.4. The van der Waals surface area contributed by atoms with Crippen LogP contribution >= 0.6 is 0 Å². The Morgan fingerprint density at radius 1 is 0.962 bits per heavy atom. The van der Waals surface area contributed by atoms with Gasteiger partial charge in [-0.2, -0.15) is 13.2 Å². The van der Waals surface area contributed by atoms with Gasteiger partial charge in [-0.3, -0.25) is 4.79 Å². The van der Waals surface area contributed by atoms with Crippen molar-refractivity contribution in [3.63, 3.8) is 0 Å². The Morgan fingerprint density at radius 2 is 1.71 bits per heavy atom. The average molecular weight is 715 g/mol. The summed E-state index contributed by atoms with van der Waals surface area (Å²) in [5.74, 6) is 2.04. The molecule has 0 radical (unpaired) electrons. The standard InChI is InChI=1S/C41H45F3N4O4/c42-41(43,44)33-7-2-1-6-30(33)37-32(38(52-46-37)26-8-9-26)20-25-23-40(24-25)14-18-47(19-15-40)27-10-11-34-31(21-27)36(51-29-4-3-5-29)22-35(45-34)39(50)48-16-12-28(49)13-17-48/h1-2,6-7,10-11,21-22,25-26,28-29,49H,3-5,8-9,12-20,23-24H2. The molecule has 0 atom stereocenters. The second-order valence-corrected chi connectivity index (χ2v) is 16.1. The van der Waals surface area contributed by atoms with E-state index in [1.54, 1.807) is 11.0 Å². The van der Waals surface area contributed by atoms with E-state index in [1.807, 2.05) is 12.1 Å². The van der Waals surface area contributed by atoms with E-state index in [1.165, 1.54) is 12.1 Å². The fraction of sp³-hybridized carbons (Fsp3) is 0.537. The maximum Gasteiger partial charge on any atom is 0.417 e. The number of aliphatic hydroxyl groups excluding tert-OH is 1. The number of carbonyl (C=O) groups is 1. The number of rotatable bonds is 8. The third kappa shape index (κ3) is 6.43. The van der Waals surface area contributed by atoms with E-state index in [2.05, 4.69) is 22.2 Å². The van der Waals surface area contributed by atoms with Crippen LogP contribution in [0.25, 0.3) is 22.2 Å². The monoisotopic (exact) mass is 714 g/mol. The van der Waals surface area contributed by atoms with Crippen molar-refractivity contribution in [3.05, 3.63) is 71.1 Å². The molecule has 52 heavy (non-hydrogen) atoms. The number of aliphatic hydroxyl groups is 1. The maximum atomic E-state index is 14.0. The topological polar surface area (TPSA) is 91.9 Å². The number of piperidine rings is 2. The van der Waals surface area contributed by atoms with Gasteiger partial charge in [0.1, 0.15) is 22.9 Å². The second-order valence-electron chi connectivity index (χ2n) is 16.1. The fourth-order valence-corrected chi connectivity index (χ4v) is 9.07. The van der Waals surface area contributed by atoms with Crippen LogP contribution < -0.4 is 9.64 Å². The molecule has 5 aliphatic rings. The smallest absolute Gasteiger partial charge is 0.417 e. The summed E-state index contributed by atoms with van der Waals surface area (Å²) in [5, 5.41) is 15.1. The Kier molecular flexibility index (Phi) is 8.47. The first-order valence-corrected chi connectivity index (χ1v) is 19.1. The van der Waals surface area contributed by atoms with Gasteiger partial charge in [-0.1, -0.05) is 23.4 Å². The van der Waals surface area contributed by atoms with Crippen molar-refractivity contribution in [3.8, 4) is 17.0 Å². The molecule has 11 heteroatoms. The number of carbonyl (C=O) groups excluding carboxylic acids is 1. The number of anilines is 1. The highest BCUT2D eigenvalue weighted by Gasteiger charge is 2.47. The van der Waals surface area contributed by atoms with Gasteiger partial charge in [0.05, 0.1) is 23.3 Å². The average Bonchev–Trinajstić information content (AvgIpc) is 3.88. The molecule has 1 N–H and O–H groups in total. The van der Waals surface area contributed by atoms with Gasteiger partial charge in [-0.25, -0.2) is 4.98 Å². The van der Waals surface area contributed by atoms with Crippen LogP contribution in [-0.4, -0.2) is 64.4 Å². The molecule has 2 aliphatic heterocycles. The Bertz CT molecular complexity index is 1960. The van der Waals surface area contributed by atoms with Crippen molar-refractivity contribution in [2.45, 2.75) is 101 Å². The van der Waals surface area contributed by atoms with Gasteiger partial charge >= 0.3 is 6.18 Å². The third-order valence-electron chi connectivity index (χ3n) is 12.5. The number of fused-ring (bicyclic) bond motifs is 1. The van der Waals surface area contributed by atoms with E-state index in [0.29, 0.717) is 55.4 Å². The molecule has 8 nitrogen and oxygen atoms in total. The Labute approximate surface area is 301 Å². The quantitative estimate of drug-likeness (QED) is 0.196. The highest BCUT2D eigenvalue weighted by molar-refractivity contribution is 5.98. The van der Waals surface area contributed by atoms with Gasteiger partial charge in [-0.05, 0) is 113 Å². The fourth-order valence-electron chi connectivity index (χ4n) is 9.07. The molecule has 9 rings (SSSR count). The number of ether oxygens (including phenoxy) is 1. The number of halogens is 3. The highest BCUT2D eigenvalue weighted by atomic mass is 19.4. The largest absolute Gasteiger partial charge is 0.490 e. The van der Waals surface area contributed by atoms with Crippen LogP contribution in [0.5, 0.6) is 5.75 Å². The SMILES string of the molecule is O=C(c1cc(OC2CCC2)c2cc(N3CCC4(CC3)CC(Cc3c(-c5ccccc5C(F)(F)F)noc3C3CC3)C4)ccc2n1)N1CCC(O)CC1. The summed E-state index contributed by atoms with van der Waals surface area (Å²) in [5.41, 5.74) is 3.18. The Hall–Kier alpha value is -4.12. The van der Waals surface area contributed by atoms with Gasteiger partial charge < -0.3 is 24.2 Å². The molecule has 2 saturated heterocycles. The number of hydrogen-bond acceptors (Lipinski definition) is 7. The lowest BCUT2D eigenvalue weighted by molar-refractivity contribution is -0.137. The molecular weight excluding hydrogens is 669 g/mol. The molecule has 5 fully saturated rings. The molecule has 0 unspecified atom stereocenters. The summed E-state index contributed by atoms with van der Waals surface area (Å²) in [6, 6.07) is 13.8. The number of alkyl halides is 3. The molecule has 1 spiro atoms. The molecule has 4 heterocycles. The summed E-state index contributed by atoms with van der Waals surface area (Å²) in [6.07, 6.45) is 6.59. The van der Waals surface area contributed by atoms with E-state index in [4.69, 9.17) is 14.2 Å². The number of amides is 1. The van der Waals surface area contributed by atoms with Gasteiger partial charge in [0.15, 0.2) is 0 Å². The van der Waals surface area contributed by atoms with Crippen LogP contribution in [0.2, 0.25) is 0 Å². The lowest BCUT2D eigenvalue weighted by Crippen LogP contribution is -2.47. The van der Waals surface area contributed by atoms with Gasteiger partial charge in [0, 0.05) is 60.4 Å². The summed E-state index contributed by atoms with van der Waals surface area (Å²) < 4.78 is 54.1. The zero-order chi connectivity index (χ0) is 35.6. The zero-order valence-electron chi connectivity index (χ0n) is 29.3. The van der Waals surface area contributed by atoms with E-state index in [9.17, 15) is 23.1 Å². The minimum Gasteiger partial charge on any atom is -0.490 e. The van der Waals surface area contributed by atoms with Gasteiger partial charge in [0.25, 0.3) is 5.91 Å². The van der Waals surface area contributed by atoms with Crippen LogP contribution in [0.4, 0.5) is 18.9 Å². The zero-order valence-corrected chi connectivity index (χ0v) is 29.3. The molecular formula is C41H45F3N4O4. The predicted octanol–water partition coefficient (Wildman–Crippen LogP) is 8.55. The second kappa shape index (κ2) is 13.1. The first-order valence-electron chi connectivity index (χ1n) is 19.1. The number of hydrogen-bond donors (Lipinski definition) is 1. The van der Waals surface area contributed by atoms with Crippen molar-refractivity contribution in [2.75, 3.05) is 31.1 Å². The van der Waals surface area contributed by atoms with Crippen molar-refractivity contribution < 1.29 is 32.3 Å². The molecule has 0 bridgehead atoms. The van der Waals surface area contributed by atoms with Crippen LogP contribution in [-0.2, 0) is 12.6 Å². The Balaban J connectivity index is 0.890. The lowest BCUT2D eigenvalue weighted by atomic mass is 9.56. The van der Waals surface area contributed by atoms with Crippen LogP contribution in [0, 0.1) is 11.3 Å². The minimum atomic E-state index is -4.46. The maximum absolute atomic E-state index is 14.0. The summed E-state index contributed by atoms with van der Waals surface area (Å²) >= 11 is 0. The molecule has 274 valence electrons. The molecule has 4 aromatic rings. The first-order chi connectivity index (χ1) is 25.1. The molecule has 3 aliphatic carbocycles. The number of pyridine rings is 1. The van der Waals surface area contributed by atoms with E-state index >= 15 is 0 Å². The number of aromatic nitrogens is 2. The van der Waals surface area contributed by atoms with E-state index in [0.717, 1.165) is 105 Å². The van der Waals surface area contributed by atoms with Crippen molar-refractivity contribution >= 4 is 22.5 Å². The predicted molar refractivity (Wildman–Crippen MR) is 190 cm³/mol. The van der Waals surface area contributed by atoms with Crippen molar-refractivity contribution in [2.24, 2.45) is 11.3 Å². The summed E-state index contributed by atoms with van der Waals surface area (Å²) in [7, 11) is 0. The van der Waals surface area contributed by atoms with Crippen LogP contribution in [0.3, 0.4) is 0 Å². The van der Waals surface area contributed by atoms with Gasteiger partial charge in [-0.15, -0.1) is 0 Å². The molecule has 3 saturated carbocycles. The first kappa shape index (κ1) is 33.7.